The van der Waals surface area contributed by atoms with Crippen molar-refractivity contribution in [2.75, 3.05) is 0 Å². The van der Waals surface area contributed by atoms with Gasteiger partial charge < -0.3 is 5.11 Å². The zero-order chi connectivity index (χ0) is 23.0. The first-order valence-corrected chi connectivity index (χ1v) is 13.2. The number of hydrogen-bond donors (Lipinski definition) is 1. The Morgan fingerprint density at radius 3 is 2.64 bits per heavy atom. The second kappa shape index (κ2) is 7.37. The molecule has 5 heteroatoms. The molecule has 1 heterocycles. The van der Waals surface area contributed by atoms with Gasteiger partial charge in [-0.05, 0) is 111 Å². The second-order valence-electron chi connectivity index (χ2n) is 12.7. The van der Waals surface area contributed by atoms with Crippen LogP contribution < -0.4 is 0 Å². The summed E-state index contributed by atoms with van der Waals surface area (Å²) >= 11 is 0. The number of para-hydroxylation sites is 1. The summed E-state index contributed by atoms with van der Waals surface area (Å²) in [5.41, 5.74) is 1.83. The predicted octanol–water partition coefficient (Wildman–Crippen LogP) is 5.41. The molecule has 6 rings (SSSR count). The molecule has 1 N–H and O–H groups in total. The molecule has 4 saturated carbocycles. The minimum absolute atomic E-state index is 0.123. The molecular formula is C28H39N3O2. The summed E-state index contributed by atoms with van der Waals surface area (Å²) < 4.78 is 1.81. The lowest BCUT2D eigenvalue weighted by atomic mass is 9.44. The van der Waals surface area contributed by atoms with Crippen LogP contribution in [0.3, 0.4) is 0 Å². The Balaban J connectivity index is 1.22. The molecular weight excluding hydrogens is 410 g/mol. The van der Waals surface area contributed by atoms with Crippen LogP contribution >= 0.6 is 0 Å². The minimum Gasteiger partial charge on any atom is -0.390 e. The number of aromatic nitrogens is 3. The molecule has 0 radical (unpaired) electrons. The Morgan fingerprint density at radius 2 is 1.79 bits per heavy atom. The largest absolute Gasteiger partial charge is 0.390 e. The number of carbonyl (C=O) groups excluding carboxylic acids is 1. The van der Waals surface area contributed by atoms with Crippen LogP contribution in [0.2, 0.25) is 0 Å². The highest BCUT2D eigenvalue weighted by atomic mass is 16.3. The highest BCUT2D eigenvalue weighted by molar-refractivity contribution is 5.84. The van der Waals surface area contributed by atoms with Crippen LogP contribution in [-0.2, 0) is 11.3 Å². The van der Waals surface area contributed by atoms with Crippen LogP contribution in [-0.4, -0.2) is 31.5 Å². The van der Waals surface area contributed by atoms with Gasteiger partial charge in [0.15, 0.2) is 5.78 Å². The van der Waals surface area contributed by atoms with Gasteiger partial charge >= 0.3 is 0 Å². The smallest absolute Gasteiger partial charge is 0.157 e. The number of benzene rings is 1. The van der Waals surface area contributed by atoms with E-state index in [0.29, 0.717) is 29.6 Å². The third kappa shape index (κ3) is 3.25. The summed E-state index contributed by atoms with van der Waals surface area (Å²) in [6, 6.07) is 7.92. The Bertz CT molecular complexity index is 1080. The number of nitrogens with zero attached hydrogens (tertiary/aromatic N) is 3. The maximum atomic E-state index is 13.6. The van der Waals surface area contributed by atoms with Crippen molar-refractivity contribution in [3.63, 3.8) is 0 Å². The van der Waals surface area contributed by atoms with Gasteiger partial charge in [-0.15, -0.1) is 5.10 Å². The SMILES string of the molecule is C[C@@]1(O)CC[C@@]2(C)[C@@H](CC[C@@H]3[C@@H]2CC[C@]2(C)[C@@H](C(=O)Cn4nnc5ccccc54)CC[C@@H]32)C1. The molecule has 8 atom stereocenters. The fraction of sp³-hybridized carbons (Fsp3) is 0.750. The van der Waals surface area contributed by atoms with E-state index in [0.717, 1.165) is 48.6 Å². The van der Waals surface area contributed by atoms with Gasteiger partial charge in [-0.25, -0.2) is 4.68 Å². The lowest BCUT2D eigenvalue weighted by molar-refractivity contribution is -0.151. The average Bonchev–Trinajstić information content (AvgIpc) is 3.35. The molecule has 4 aliphatic rings. The molecule has 5 nitrogen and oxygen atoms in total. The van der Waals surface area contributed by atoms with Crippen LogP contribution in [0, 0.1) is 40.4 Å². The summed E-state index contributed by atoms with van der Waals surface area (Å²) in [6.45, 7) is 7.36. The van der Waals surface area contributed by atoms with Crippen molar-refractivity contribution in [3.05, 3.63) is 24.3 Å². The molecule has 0 unspecified atom stereocenters. The van der Waals surface area contributed by atoms with E-state index in [1.807, 2.05) is 31.2 Å². The first kappa shape index (κ1) is 21.8. The molecule has 33 heavy (non-hydrogen) atoms. The Morgan fingerprint density at radius 1 is 1.00 bits per heavy atom. The van der Waals surface area contributed by atoms with Crippen LogP contribution in [0.1, 0.15) is 78.6 Å². The molecule has 178 valence electrons. The topological polar surface area (TPSA) is 68.0 Å². The quantitative estimate of drug-likeness (QED) is 0.680. The van der Waals surface area contributed by atoms with Gasteiger partial charge in [0.05, 0.1) is 11.1 Å². The van der Waals surface area contributed by atoms with Gasteiger partial charge in [-0.3, -0.25) is 4.79 Å². The van der Waals surface area contributed by atoms with Gasteiger partial charge in [-0.1, -0.05) is 31.2 Å². The third-order valence-electron chi connectivity index (χ3n) is 11.1. The molecule has 2 aromatic rings. The van der Waals surface area contributed by atoms with Gasteiger partial charge in [0.25, 0.3) is 0 Å². The maximum absolute atomic E-state index is 13.6. The lowest BCUT2D eigenvalue weighted by Gasteiger charge is -2.61. The van der Waals surface area contributed by atoms with Gasteiger partial charge in [0.2, 0.25) is 0 Å². The van der Waals surface area contributed by atoms with Crippen molar-refractivity contribution in [3.8, 4) is 0 Å². The van der Waals surface area contributed by atoms with Crippen molar-refractivity contribution in [1.82, 2.24) is 15.0 Å². The molecule has 0 saturated heterocycles. The van der Waals surface area contributed by atoms with Crippen LogP contribution in [0.5, 0.6) is 0 Å². The number of Topliss-reactive ketones (excluding diaryl/α,β-unsaturated/α-hetero) is 1. The van der Waals surface area contributed by atoms with E-state index in [9.17, 15) is 9.90 Å². The van der Waals surface area contributed by atoms with Crippen LogP contribution in [0.25, 0.3) is 11.0 Å². The third-order valence-corrected chi connectivity index (χ3v) is 11.1. The summed E-state index contributed by atoms with van der Waals surface area (Å²) in [7, 11) is 0. The van der Waals surface area contributed by atoms with E-state index in [1.165, 1.54) is 32.1 Å². The first-order chi connectivity index (χ1) is 15.7. The highest BCUT2D eigenvalue weighted by Crippen LogP contribution is 2.68. The van der Waals surface area contributed by atoms with Crippen molar-refractivity contribution < 1.29 is 9.90 Å². The lowest BCUT2D eigenvalue weighted by Crippen LogP contribution is -2.55. The van der Waals surface area contributed by atoms with Crippen molar-refractivity contribution in [2.45, 2.75) is 90.7 Å². The normalized spacial score (nSPS) is 44.8. The summed E-state index contributed by atoms with van der Waals surface area (Å²) in [5.74, 6) is 3.33. The number of aliphatic hydroxyl groups is 1. The molecule has 0 bridgehead atoms. The van der Waals surface area contributed by atoms with E-state index in [-0.39, 0.29) is 11.3 Å². The maximum Gasteiger partial charge on any atom is 0.157 e. The van der Waals surface area contributed by atoms with Crippen molar-refractivity contribution in [2.24, 2.45) is 40.4 Å². The number of ketones is 1. The van der Waals surface area contributed by atoms with Crippen LogP contribution in [0.4, 0.5) is 0 Å². The van der Waals surface area contributed by atoms with E-state index < -0.39 is 5.60 Å². The van der Waals surface area contributed by atoms with Gasteiger partial charge in [-0.2, -0.15) is 0 Å². The highest BCUT2D eigenvalue weighted by Gasteiger charge is 2.61. The number of rotatable bonds is 3. The molecule has 1 aromatic carbocycles. The Kier molecular flexibility index (Phi) is 4.86. The standard InChI is InChI=1S/C28H39N3O2/c1-26(33)14-15-27(2)18(16-26)8-9-19-20-10-11-22(28(20,3)13-12-21(19)27)25(32)17-31-24-7-5-4-6-23(24)29-30-31/h4-7,18-22,33H,8-17H2,1-3H3/t18-,19-,20-,21-,22+,26+,27-,28-/m0/s1. The average molecular weight is 450 g/mol. The fourth-order valence-electron chi connectivity index (χ4n) is 9.25. The fourth-order valence-corrected chi connectivity index (χ4v) is 9.25. The monoisotopic (exact) mass is 449 g/mol. The van der Waals surface area contributed by atoms with E-state index >= 15 is 0 Å². The number of fused-ring (bicyclic) bond motifs is 6. The van der Waals surface area contributed by atoms with Gasteiger partial charge in [0, 0.05) is 5.92 Å². The second-order valence-corrected chi connectivity index (χ2v) is 12.7. The van der Waals surface area contributed by atoms with Gasteiger partial charge in [0.1, 0.15) is 12.1 Å². The zero-order valence-corrected chi connectivity index (χ0v) is 20.5. The minimum atomic E-state index is -0.476. The van der Waals surface area contributed by atoms with E-state index in [2.05, 4.69) is 24.2 Å². The molecule has 1 aromatic heterocycles. The molecule has 0 aliphatic heterocycles. The first-order valence-electron chi connectivity index (χ1n) is 13.2. The zero-order valence-electron chi connectivity index (χ0n) is 20.5. The molecule has 0 spiro atoms. The molecule has 0 amide bonds. The van der Waals surface area contributed by atoms with Crippen molar-refractivity contribution >= 4 is 16.8 Å². The van der Waals surface area contributed by atoms with E-state index in [4.69, 9.17) is 0 Å². The number of carbonyl (C=O) groups is 1. The Hall–Kier alpha value is -1.75. The molecule has 4 fully saturated rings. The number of hydrogen-bond acceptors (Lipinski definition) is 4. The predicted molar refractivity (Wildman–Crippen MR) is 128 cm³/mol. The summed E-state index contributed by atoms with van der Waals surface area (Å²) in [6.07, 6.45) is 10.3. The summed E-state index contributed by atoms with van der Waals surface area (Å²) in [4.78, 5) is 13.6. The van der Waals surface area contributed by atoms with Crippen LogP contribution in [0.15, 0.2) is 24.3 Å². The Labute approximate surface area is 197 Å². The summed E-state index contributed by atoms with van der Waals surface area (Å²) in [5, 5.41) is 19.3. The van der Waals surface area contributed by atoms with E-state index in [1.54, 1.807) is 4.68 Å². The van der Waals surface area contributed by atoms with Crippen molar-refractivity contribution in [1.29, 1.82) is 0 Å². The molecule has 4 aliphatic carbocycles.